The third kappa shape index (κ3) is 7.51. The Kier molecular flexibility index (Phi) is 13.8. The first-order valence-corrected chi connectivity index (χ1v) is 4.70. The van der Waals surface area contributed by atoms with Crippen LogP contribution in [0.4, 0.5) is 0 Å². The van der Waals surface area contributed by atoms with Crippen molar-refractivity contribution in [1.29, 1.82) is 0 Å². The molecule has 1 rings (SSSR count). The van der Waals surface area contributed by atoms with Gasteiger partial charge >= 0.3 is 0 Å². The number of hydrogen-bond donors (Lipinski definition) is 0. The Balaban J connectivity index is -0.000000270. The molecular formula is C5H9O3PVW2-2. The minimum atomic E-state index is -2.74. The van der Waals surface area contributed by atoms with Gasteiger partial charge in [-0.1, -0.05) is 0 Å². The summed E-state index contributed by atoms with van der Waals surface area (Å²) in [6.45, 7) is 6.36. The van der Waals surface area contributed by atoms with E-state index in [1.54, 1.807) is 0 Å². The molecule has 7 heteroatoms. The largest absolute Gasteiger partial charge is 0.490 e. The summed E-state index contributed by atoms with van der Waals surface area (Å²) in [4.78, 5) is 0. The molecule has 0 spiro atoms. The predicted octanol–water partition coefficient (Wildman–Crippen LogP) is 1.81. The maximum atomic E-state index is 10.9. The molecule has 0 aromatic rings. The van der Waals surface area contributed by atoms with Crippen LogP contribution in [0.5, 0.6) is 0 Å². The van der Waals surface area contributed by atoms with E-state index in [0.717, 1.165) is 0 Å². The average molecular weight is 567 g/mol. The molecular weight excluding hydrogens is 558 g/mol. The van der Waals surface area contributed by atoms with E-state index in [0.29, 0.717) is 0 Å². The molecule has 0 aromatic heterocycles. The number of rotatable bonds is 0. The average Bonchev–Trinajstić information content (AvgIpc) is 1.78. The Bertz CT molecular complexity index is 146. The summed E-state index contributed by atoms with van der Waals surface area (Å²) < 4.78 is 20.4. The summed E-state index contributed by atoms with van der Waals surface area (Å²) in [6, 6.07) is 0. The van der Waals surface area contributed by atoms with Crippen molar-refractivity contribution in [2.24, 2.45) is 5.92 Å². The molecule has 0 unspecified atom stereocenters. The van der Waals surface area contributed by atoms with Crippen molar-refractivity contribution >= 4 is 7.60 Å². The van der Waals surface area contributed by atoms with Crippen LogP contribution in [0.25, 0.3) is 0 Å². The summed E-state index contributed by atoms with van der Waals surface area (Å²) in [7, 11) is -2.74. The van der Waals surface area contributed by atoms with Gasteiger partial charge in [0, 0.05) is 67.4 Å². The molecule has 0 amide bonds. The molecule has 1 aliphatic rings. The molecule has 1 aliphatic heterocycles. The fourth-order valence-corrected chi connectivity index (χ4v) is 1.35. The van der Waals surface area contributed by atoms with Gasteiger partial charge in [0.2, 0.25) is 0 Å². The molecule has 12 heavy (non-hydrogen) atoms. The van der Waals surface area contributed by atoms with E-state index in [1.165, 1.54) is 19.9 Å². The molecule has 0 atom stereocenters. The van der Waals surface area contributed by atoms with Crippen LogP contribution < -0.4 is 0 Å². The van der Waals surface area contributed by atoms with Crippen LogP contribution in [0, 0.1) is 19.1 Å². The van der Waals surface area contributed by atoms with Crippen LogP contribution in [0.2, 0.25) is 0 Å². The summed E-state index contributed by atoms with van der Waals surface area (Å²) in [5.74, 6) is 0.132. The third-order valence-corrected chi connectivity index (χ3v) is 1.94. The molecule has 1 heterocycles. The zero-order chi connectivity index (χ0) is 6.91. The smallest absolute Gasteiger partial charge is 0.267 e. The zero-order valence-electron chi connectivity index (χ0n) is 6.67. The molecule has 71 valence electrons. The van der Waals surface area contributed by atoms with Gasteiger partial charge in [0.15, 0.2) is 0 Å². The minimum absolute atomic E-state index is 0. The normalized spacial score (nSPS) is 33.7. The van der Waals surface area contributed by atoms with Gasteiger partial charge in [0.25, 0.3) is 7.60 Å². The van der Waals surface area contributed by atoms with Crippen LogP contribution in [-0.2, 0) is 74.3 Å². The van der Waals surface area contributed by atoms with Gasteiger partial charge in [-0.25, -0.2) is 13.2 Å². The SMILES string of the molecule is CC1[CH-]OP(C)(=O)O[CH-]1.[V].[W].[W]. The van der Waals surface area contributed by atoms with Gasteiger partial charge < -0.3 is 9.05 Å². The standard InChI is InChI=1S/C5H9O3P.V.2W/c1-5-3-7-9(2,6)8-4-5;;;/h3-5H,1-2H3;;;/q-2;;;. The van der Waals surface area contributed by atoms with Crippen molar-refractivity contribution in [3.63, 3.8) is 0 Å². The quantitative estimate of drug-likeness (QED) is 0.332. The topological polar surface area (TPSA) is 35.5 Å². The molecule has 1 radical (unpaired) electrons. The van der Waals surface area contributed by atoms with E-state index in [9.17, 15) is 4.57 Å². The molecule has 1 saturated heterocycles. The van der Waals surface area contributed by atoms with E-state index in [4.69, 9.17) is 9.05 Å². The molecule has 0 aromatic carbocycles. The first-order valence-electron chi connectivity index (χ1n) is 2.71. The maximum absolute atomic E-state index is 10.9. The number of hydrogen-bond acceptors (Lipinski definition) is 3. The summed E-state index contributed by atoms with van der Waals surface area (Å²) in [6.07, 6.45) is 0. The van der Waals surface area contributed by atoms with Gasteiger partial charge in [-0.05, 0) is 0 Å². The van der Waals surface area contributed by atoms with Crippen LogP contribution in [0.3, 0.4) is 0 Å². The fraction of sp³-hybridized carbons (Fsp3) is 0.600. The molecule has 0 aliphatic carbocycles. The van der Waals surface area contributed by atoms with E-state index in [2.05, 4.69) is 0 Å². The second kappa shape index (κ2) is 8.42. The predicted molar refractivity (Wildman–Crippen MR) is 33.5 cm³/mol. The second-order valence-electron chi connectivity index (χ2n) is 2.11. The van der Waals surface area contributed by atoms with Crippen LogP contribution in [0.15, 0.2) is 0 Å². The summed E-state index contributed by atoms with van der Waals surface area (Å²) >= 11 is 0. The van der Waals surface area contributed by atoms with Crippen LogP contribution in [0.1, 0.15) is 6.92 Å². The monoisotopic (exact) mass is 567 g/mol. The van der Waals surface area contributed by atoms with Crippen molar-refractivity contribution in [3.05, 3.63) is 13.2 Å². The van der Waals surface area contributed by atoms with E-state index in [-0.39, 0.29) is 66.6 Å². The first kappa shape index (κ1) is 19.6. The van der Waals surface area contributed by atoms with Gasteiger partial charge in [0.1, 0.15) is 0 Å². The fourth-order valence-electron chi connectivity index (χ4n) is 0.470. The Labute approximate surface area is 114 Å². The molecule has 3 nitrogen and oxygen atoms in total. The summed E-state index contributed by atoms with van der Waals surface area (Å²) in [5, 5.41) is 0. The Morgan fingerprint density at radius 1 is 1.25 bits per heavy atom. The van der Waals surface area contributed by atoms with Gasteiger partial charge in [0.05, 0.1) is 0 Å². The molecule has 0 saturated carbocycles. The molecule has 1 fully saturated rings. The van der Waals surface area contributed by atoms with Crippen molar-refractivity contribution < 1.29 is 74.3 Å². The maximum Gasteiger partial charge on any atom is 0.267 e. The Hall–Kier alpha value is 2.11. The minimum Gasteiger partial charge on any atom is -0.490 e. The van der Waals surface area contributed by atoms with E-state index in [1.807, 2.05) is 6.92 Å². The molecule has 0 N–H and O–H groups in total. The zero-order valence-corrected chi connectivity index (χ0v) is 14.8. The Morgan fingerprint density at radius 2 is 1.58 bits per heavy atom. The van der Waals surface area contributed by atoms with Crippen molar-refractivity contribution in [2.75, 3.05) is 6.66 Å². The van der Waals surface area contributed by atoms with Crippen LogP contribution >= 0.6 is 7.60 Å². The Morgan fingerprint density at radius 3 is 1.83 bits per heavy atom. The second-order valence-corrected chi connectivity index (χ2v) is 4.08. The van der Waals surface area contributed by atoms with Crippen molar-refractivity contribution in [1.82, 2.24) is 0 Å². The van der Waals surface area contributed by atoms with Crippen molar-refractivity contribution in [2.45, 2.75) is 6.92 Å². The summed E-state index contributed by atoms with van der Waals surface area (Å²) in [5.41, 5.74) is 0. The van der Waals surface area contributed by atoms with Gasteiger partial charge in [-0.15, -0.1) is 6.92 Å². The molecule has 0 bridgehead atoms. The van der Waals surface area contributed by atoms with Gasteiger partial charge in [-0.3, -0.25) is 10.5 Å². The van der Waals surface area contributed by atoms with Gasteiger partial charge in [-0.2, -0.15) is 0 Å². The van der Waals surface area contributed by atoms with E-state index < -0.39 is 7.60 Å². The van der Waals surface area contributed by atoms with Crippen LogP contribution in [-0.4, -0.2) is 6.66 Å². The third-order valence-electron chi connectivity index (χ3n) is 0.934. The van der Waals surface area contributed by atoms with E-state index >= 15 is 0 Å². The van der Waals surface area contributed by atoms with Crippen molar-refractivity contribution in [3.8, 4) is 0 Å². The first-order chi connectivity index (χ1) is 4.10.